The van der Waals surface area contributed by atoms with E-state index in [9.17, 15) is 14.0 Å². The molecule has 1 amide bonds. The number of rotatable bonds is 7. The molecule has 6 rings (SSSR count). The Bertz CT molecular complexity index is 1860. The first-order valence-electron chi connectivity index (χ1n) is 14.0. The van der Waals surface area contributed by atoms with Gasteiger partial charge in [-0.1, -0.05) is 12.1 Å². The van der Waals surface area contributed by atoms with E-state index in [4.69, 9.17) is 9.47 Å². The second-order valence-electron chi connectivity index (χ2n) is 10.3. The third kappa shape index (κ3) is 5.41. The quantitative estimate of drug-likeness (QED) is 0.286. The van der Waals surface area contributed by atoms with Crippen molar-refractivity contribution in [2.45, 2.75) is 13.8 Å². The monoisotopic (exact) mass is 582 g/mol. The normalized spacial score (nSPS) is 13.4. The van der Waals surface area contributed by atoms with Gasteiger partial charge in [0.05, 0.1) is 29.7 Å². The number of halogens is 1. The molecule has 1 aliphatic heterocycles. The molecule has 4 heterocycles. The van der Waals surface area contributed by atoms with Crippen LogP contribution >= 0.6 is 0 Å². The summed E-state index contributed by atoms with van der Waals surface area (Å²) in [5.41, 5.74) is 3.76. The van der Waals surface area contributed by atoms with Crippen LogP contribution in [0, 0.1) is 19.7 Å². The lowest BCUT2D eigenvalue weighted by Gasteiger charge is -2.36. The lowest BCUT2D eigenvalue weighted by atomic mass is 10.1. The van der Waals surface area contributed by atoms with Crippen LogP contribution in [-0.2, 0) is 4.79 Å². The van der Waals surface area contributed by atoms with Crippen molar-refractivity contribution in [3.63, 3.8) is 0 Å². The van der Waals surface area contributed by atoms with E-state index in [2.05, 4.69) is 15.0 Å². The summed E-state index contributed by atoms with van der Waals surface area (Å²) in [6.07, 6.45) is 1.61. The molecule has 3 aromatic heterocycles. The number of para-hydroxylation sites is 2. The summed E-state index contributed by atoms with van der Waals surface area (Å²) < 4.78 is 27.9. The Labute approximate surface area is 247 Å². The molecule has 0 spiro atoms. The highest BCUT2D eigenvalue weighted by Gasteiger charge is 2.24. The highest BCUT2D eigenvalue weighted by molar-refractivity contribution is 5.78. The molecule has 0 aliphatic carbocycles. The first kappa shape index (κ1) is 28.0. The summed E-state index contributed by atoms with van der Waals surface area (Å²) in [5.74, 6) is 0.662. The van der Waals surface area contributed by atoms with E-state index < -0.39 is 0 Å². The standard InChI is InChI=1S/C32H31FN6O4/c1-21-19-25(35-39(21)24-12-10-23(33)11-13-24)30-22(2)34-31-28(9-6-14-38(31)32(30)41)43-20-29(40)37-17-15-36(16-18-37)26-7-4-5-8-27(26)42-3/h4-14,19H,15-18,20H2,1-3H3. The maximum atomic E-state index is 13.7. The minimum Gasteiger partial charge on any atom is -0.495 e. The first-order chi connectivity index (χ1) is 20.8. The molecule has 1 aliphatic rings. The van der Waals surface area contributed by atoms with Gasteiger partial charge in [-0.05, 0) is 68.4 Å². The number of piperazine rings is 1. The Morgan fingerprint density at radius 1 is 0.953 bits per heavy atom. The number of nitrogens with zero attached hydrogens (tertiary/aromatic N) is 6. The number of hydrogen-bond donors (Lipinski definition) is 0. The Morgan fingerprint density at radius 2 is 1.67 bits per heavy atom. The van der Waals surface area contributed by atoms with Crippen molar-refractivity contribution >= 4 is 17.2 Å². The van der Waals surface area contributed by atoms with E-state index in [1.54, 1.807) is 60.1 Å². The molecule has 0 N–H and O–H groups in total. The van der Waals surface area contributed by atoms with E-state index >= 15 is 0 Å². The largest absolute Gasteiger partial charge is 0.495 e. The summed E-state index contributed by atoms with van der Waals surface area (Å²) in [4.78, 5) is 35.4. The fourth-order valence-corrected chi connectivity index (χ4v) is 5.41. The third-order valence-corrected chi connectivity index (χ3v) is 7.62. The lowest BCUT2D eigenvalue weighted by molar-refractivity contribution is -0.133. The summed E-state index contributed by atoms with van der Waals surface area (Å²) in [6, 6.07) is 19.0. The predicted octanol–water partition coefficient (Wildman–Crippen LogP) is 4.04. The van der Waals surface area contributed by atoms with E-state index in [0.717, 1.165) is 17.1 Å². The van der Waals surface area contributed by atoms with Crippen LogP contribution < -0.4 is 19.9 Å². The van der Waals surface area contributed by atoms with E-state index in [-0.39, 0.29) is 23.9 Å². The Hall–Kier alpha value is -5.19. The molecule has 1 saturated heterocycles. The molecule has 10 nitrogen and oxygen atoms in total. The Morgan fingerprint density at radius 3 is 2.42 bits per heavy atom. The van der Waals surface area contributed by atoms with Crippen LogP contribution in [0.25, 0.3) is 22.6 Å². The second-order valence-corrected chi connectivity index (χ2v) is 10.3. The molecule has 0 saturated carbocycles. The number of amides is 1. The molecule has 11 heteroatoms. The number of aromatic nitrogens is 4. The molecule has 43 heavy (non-hydrogen) atoms. The van der Waals surface area contributed by atoms with Crippen molar-refractivity contribution in [1.82, 2.24) is 24.1 Å². The van der Waals surface area contributed by atoms with Gasteiger partial charge in [0.1, 0.15) is 17.3 Å². The van der Waals surface area contributed by atoms with Gasteiger partial charge < -0.3 is 19.3 Å². The number of benzene rings is 2. The van der Waals surface area contributed by atoms with Crippen LogP contribution in [0.15, 0.2) is 77.7 Å². The molecular weight excluding hydrogens is 551 g/mol. The molecular formula is C32H31FN6O4. The Balaban J connectivity index is 1.18. The van der Waals surface area contributed by atoms with Gasteiger partial charge in [0.15, 0.2) is 18.0 Å². The number of pyridine rings is 1. The van der Waals surface area contributed by atoms with E-state index in [1.165, 1.54) is 16.5 Å². The van der Waals surface area contributed by atoms with Gasteiger partial charge in [-0.15, -0.1) is 0 Å². The predicted molar refractivity (Wildman–Crippen MR) is 161 cm³/mol. The van der Waals surface area contributed by atoms with Crippen LogP contribution in [0.5, 0.6) is 11.5 Å². The average molecular weight is 583 g/mol. The third-order valence-electron chi connectivity index (χ3n) is 7.62. The zero-order valence-electron chi connectivity index (χ0n) is 24.2. The van der Waals surface area contributed by atoms with Gasteiger partial charge >= 0.3 is 0 Å². The molecule has 220 valence electrons. The topological polar surface area (TPSA) is 94.2 Å². The zero-order valence-corrected chi connectivity index (χ0v) is 24.2. The van der Waals surface area contributed by atoms with Crippen molar-refractivity contribution in [2.75, 3.05) is 44.8 Å². The number of anilines is 1. The van der Waals surface area contributed by atoms with Gasteiger partial charge in [-0.2, -0.15) is 5.10 Å². The van der Waals surface area contributed by atoms with E-state index in [0.29, 0.717) is 60.2 Å². The number of methoxy groups -OCH3 is 1. The van der Waals surface area contributed by atoms with Crippen molar-refractivity contribution in [3.8, 4) is 28.4 Å². The van der Waals surface area contributed by atoms with Crippen LogP contribution in [0.3, 0.4) is 0 Å². The molecule has 0 atom stereocenters. The summed E-state index contributed by atoms with van der Waals surface area (Å²) >= 11 is 0. The SMILES string of the molecule is COc1ccccc1N1CCN(C(=O)COc2cccn3c(=O)c(-c4cc(C)n(-c5ccc(F)cc5)n4)c(C)nc23)CC1. The van der Waals surface area contributed by atoms with Gasteiger partial charge in [0.2, 0.25) is 0 Å². The van der Waals surface area contributed by atoms with Crippen LogP contribution in [0.4, 0.5) is 10.1 Å². The maximum Gasteiger partial charge on any atom is 0.267 e. The molecule has 2 aromatic carbocycles. The van der Waals surface area contributed by atoms with Crippen LogP contribution in [0.1, 0.15) is 11.4 Å². The van der Waals surface area contributed by atoms with Crippen LogP contribution in [-0.4, -0.2) is 69.9 Å². The minimum absolute atomic E-state index is 0.140. The molecule has 0 radical (unpaired) electrons. The second kappa shape index (κ2) is 11.6. The maximum absolute atomic E-state index is 13.7. The van der Waals surface area contributed by atoms with Crippen molar-refractivity contribution in [1.29, 1.82) is 0 Å². The fraction of sp³-hybridized carbons (Fsp3) is 0.250. The van der Waals surface area contributed by atoms with Crippen molar-refractivity contribution in [3.05, 3.63) is 100 Å². The number of hydrogen-bond acceptors (Lipinski definition) is 7. The Kier molecular flexibility index (Phi) is 7.54. The smallest absolute Gasteiger partial charge is 0.267 e. The molecule has 5 aromatic rings. The van der Waals surface area contributed by atoms with Crippen molar-refractivity contribution < 1.29 is 18.7 Å². The lowest BCUT2D eigenvalue weighted by Crippen LogP contribution is -2.50. The number of fused-ring (bicyclic) bond motifs is 1. The highest BCUT2D eigenvalue weighted by Crippen LogP contribution is 2.29. The molecule has 0 bridgehead atoms. The van der Waals surface area contributed by atoms with Gasteiger partial charge in [0, 0.05) is 38.1 Å². The molecule has 1 fully saturated rings. The number of ether oxygens (including phenoxy) is 2. The summed E-state index contributed by atoms with van der Waals surface area (Å²) in [5, 5.41) is 4.63. The zero-order chi connectivity index (χ0) is 30.1. The summed E-state index contributed by atoms with van der Waals surface area (Å²) in [6.45, 7) is 5.90. The number of aryl methyl sites for hydroxylation is 2. The fourth-order valence-electron chi connectivity index (χ4n) is 5.41. The number of carbonyl (C=O) groups is 1. The summed E-state index contributed by atoms with van der Waals surface area (Å²) in [7, 11) is 1.65. The van der Waals surface area contributed by atoms with Crippen molar-refractivity contribution in [2.24, 2.45) is 0 Å². The van der Waals surface area contributed by atoms with Crippen LogP contribution in [0.2, 0.25) is 0 Å². The molecule has 0 unspecified atom stereocenters. The van der Waals surface area contributed by atoms with Gasteiger partial charge in [-0.25, -0.2) is 14.1 Å². The minimum atomic E-state index is -0.340. The first-order valence-corrected chi connectivity index (χ1v) is 14.0. The number of carbonyl (C=O) groups excluding carboxylic acids is 1. The average Bonchev–Trinajstić information content (AvgIpc) is 3.41. The van der Waals surface area contributed by atoms with Gasteiger partial charge in [0.25, 0.3) is 11.5 Å². The van der Waals surface area contributed by atoms with E-state index in [1.807, 2.05) is 31.2 Å². The van der Waals surface area contributed by atoms with Gasteiger partial charge in [-0.3, -0.25) is 14.0 Å². The highest BCUT2D eigenvalue weighted by atomic mass is 19.1.